The van der Waals surface area contributed by atoms with Crippen molar-refractivity contribution in [3.05, 3.63) is 94.0 Å². The summed E-state index contributed by atoms with van der Waals surface area (Å²) in [5, 5.41) is 3.28. The molecule has 7 nitrogen and oxygen atoms in total. The molecule has 0 spiro atoms. The first kappa shape index (κ1) is 27.5. The predicted molar refractivity (Wildman–Crippen MR) is 143 cm³/mol. The Balaban J connectivity index is 2.05. The van der Waals surface area contributed by atoms with Crippen molar-refractivity contribution in [1.82, 2.24) is 10.2 Å². The lowest BCUT2D eigenvalue weighted by Crippen LogP contribution is -2.50. The van der Waals surface area contributed by atoms with Gasteiger partial charge < -0.3 is 10.2 Å². The molecule has 0 radical (unpaired) electrons. The van der Waals surface area contributed by atoms with Gasteiger partial charge in [-0.25, -0.2) is 8.42 Å². The van der Waals surface area contributed by atoms with Gasteiger partial charge in [0, 0.05) is 23.6 Å². The number of sulfonamides is 1. The molecule has 0 aliphatic carbocycles. The number of hydrogen-bond acceptors (Lipinski definition) is 4. The zero-order valence-corrected chi connectivity index (χ0v) is 22.4. The number of nitrogens with one attached hydrogen (secondary N) is 1. The Morgan fingerprint density at radius 2 is 1.64 bits per heavy atom. The summed E-state index contributed by atoms with van der Waals surface area (Å²) < 4.78 is 28.4. The van der Waals surface area contributed by atoms with Gasteiger partial charge in [0.2, 0.25) is 11.8 Å². The van der Waals surface area contributed by atoms with Crippen molar-refractivity contribution in [3.63, 3.8) is 0 Å². The number of nitrogens with zero attached hydrogens (tertiary/aromatic N) is 2. The highest BCUT2D eigenvalue weighted by Gasteiger charge is 2.32. The minimum absolute atomic E-state index is 0.0149. The summed E-state index contributed by atoms with van der Waals surface area (Å²) in [7, 11) is -2.68. The molecule has 0 fully saturated rings. The summed E-state index contributed by atoms with van der Waals surface area (Å²) in [6, 6.07) is 18.7. The Labute approximate surface area is 221 Å². The van der Waals surface area contributed by atoms with Gasteiger partial charge in [-0.05, 0) is 55.8 Å². The Hall–Kier alpha value is -3.07. The third-order valence-electron chi connectivity index (χ3n) is 5.70. The van der Waals surface area contributed by atoms with E-state index < -0.39 is 34.4 Å². The van der Waals surface area contributed by atoms with Gasteiger partial charge in [-0.15, -0.1) is 0 Å². The van der Waals surface area contributed by atoms with Crippen molar-refractivity contribution in [2.45, 2.75) is 31.3 Å². The Bertz CT molecular complexity index is 1350. The third-order valence-corrected chi connectivity index (χ3v) is 8.09. The summed E-state index contributed by atoms with van der Waals surface area (Å²) in [5.41, 5.74) is 1.74. The third kappa shape index (κ3) is 6.37. The lowest BCUT2D eigenvalue weighted by Gasteiger charge is -2.32. The second kappa shape index (κ2) is 11.8. The number of carbonyl (C=O) groups is 2. The van der Waals surface area contributed by atoms with Gasteiger partial charge in [0.1, 0.15) is 12.6 Å². The molecule has 2 amide bonds. The Morgan fingerprint density at radius 1 is 0.972 bits per heavy atom. The van der Waals surface area contributed by atoms with Crippen LogP contribution in [0.1, 0.15) is 18.1 Å². The van der Waals surface area contributed by atoms with E-state index in [1.54, 1.807) is 61.5 Å². The van der Waals surface area contributed by atoms with Gasteiger partial charge in [0.15, 0.2) is 0 Å². The van der Waals surface area contributed by atoms with Crippen molar-refractivity contribution < 1.29 is 18.0 Å². The maximum absolute atomic E-state index is 13.7. The topological polar surface area (TPSA) is 86.8 Å². The smallest absolute Gasteiger partial charge is 0.264 e. The van der Waals surface area contributed by atoms with Gasteiger partial charge >= 0.3 is 0 Å². The number of likely N-dealkylation sites (N-methyl/N-ethyl adjacent to an activating group) is 1. The Morgan fingerprint density at radius 3 is 2.25 bits per heavy atom. The first-order valence-electron chi connectivity index (χ1n) is 11.1. The average Bonchev–Trinajstić information content (AvgIpc) is 2.85. The molecule has 36 heavy (non-hydrogen) atoms. The number of amides is 2. The predicted octanol–water partition coefficient (Wildman–Crippen LogP) is 4.66. The summed E-state index contributed by atoms with van der Waals surface area (Å²) in [4.78, 5) is 27.5. The molecule has 10 heteroatoms. The number of carbonyl (C=O) groups excluding carboxylic acids is 2. The van der Waals surface area contributed by atoms with Crippen LogP contribution in [0.15, 0.2) is 77.7 Å². The summed E-state index contributed by atoms with van der Waals surface area (Å²) in [5.74, 6) is -0.979. The normalized spacial score (nSPS) is 12.0. The van der Waals surface area contributed by atoms with Crippen molar-refractivity contribution in [1.29, 1.82) is 0 Å². The second-order valence-electron chi connectivity index (χ2n) is 8.21. The highest BCUT2D eigenvalue weighted by Crippen LogP contribution is 2.27. The van der Waals surface area contributed by atoms with Gasteiger partial charge in [0.25, 0.3) is 10.0 Å². The monoisotopic (exact) mass is 547 g/mol. The van der Waals surface area contributed by atoms with Crippen LogP contribution in [0.5, 0.6) is 0 Å². The van der Waals surface area contributed by atoms with Crippen molar-refractivity contribution in [2.75, 3.05) is 17.9 Å². The van der Waals surface area contributed by atoms with E-state index in [9.17, 15) is 18.0 Å². The minimum Gasteiger partial charge on any atom is -0.357 e. The number of anilines is 1. The fourth-order valence-corrected chi connectivity index (χ4v) is 5.39. The maximum atomic E-state index is 13.7. The number of halogens is 2. The van der Waals surface area contributed by atoms with Crippen LogP contribution in [0.4, 0.5) is 5.69 Å². The van der Waals surface area contributed by atoms with Crippen molar-refractivity contribution in [2.24, 2.45) is 0 Å². The van der Waals surface area contributed by atoms with Gasteiger partial charge in [-0.1, -0.05) is 65.2 Å². The first-order valence-corrected chi connectivity index (χ1v) is 13.3. The molecule has 190 valence electrons. The first-order chi connectivity index (χ1) is 17.0. The molecule has 0 aromatic heterocycles. The molecule has 0 bridgehead atoms. The van der Waals surface area contributed by atoms with Crippen LogP contribution in [-0.2, 0) is 26.2 Å². The summed E-state index contributed by atoms with van der Waals surface area (Å²) in [6.45, 7) is 2.89. The van der Waals surface area contributed by atoms with E-state index in [1.165, 1.54) is 30.1 Å². The molecule has 3 aromatic rings. The number of rotatable bonds is 9. The van der Waals surface area contributed by atoms with E-state index in [4.69, 9.17) is 23.2 Å². The molecule has 0 saturated heterocycles. The van der Waals surface area contributed by atoms with E-state index >= 15 is 0 Å². The van der Waals surface area contributed by atoms with Crippen LogP contribution in [0, 0.1) is 6.92 Å². The summed E-state index contributed by atoms with van der Waals surface area (Å²) in [6.07, 6.45) is 0. The minimum atomic E-state index is -4.15. The maximum Gasteiger partial charge on any atom is 0.264 e. The number of hydrogen-bond donors (Lipinski definition) is 1. The molecule has 0 aliphatic heterocycles. The highest BCUT2D eigenvalue weighted by molar-refractivity contribution is 7.92. The zero-order chi connectivity index (χ0) is 26.5. The van der Waals surface area contributed by atoms with Gasteiger partial charge in [0.05, 0.1) is 10.6 Å². The lowest BCUT2D eigenvalue weighted by molar-refractivity contribution is -0.139. The SMILES string of the molecule is CNC(=O)[C@H](C)N(Cc1ccccc1Cl)C(=O)CN(c1cccc(Cl)c1)S(=O)(=O)c1ccc(C)cc1. The van der Waals surface area contributed by atoms with E-state index in [0.29, 0.717) is 15.6 Å². The standard InChI is InChI=1S/C26H27Cl2N3O4S/c1-18-11-13-23(14-12-18)36(34,35)31(22-9-6-8-21(27)15-22)17-25(32)30(19(2)26(33)29-3)16-20-7-4-5-10-24(20)28/h4-15,19H,16-17H2,1-3H3,(H,29,33)/t19-/m0/s1. The molecule has 0 aliphatic rings. The lowest BCUT2D eigenvalue weighted by atomic mass is 10.1. The molecule has 1 atom stereocenters. The largest absolute Gasteiger partial charge is 0.357 e. The average molecular weight is 548 g/mol. The van der Waals surface area contributed by atoms with Gasteiger partial charge in [-0.3, -0.25) is 13.9 Å². The zero-order valence-electron chi connectivity index (χ0n) is 20.1. The fraction of sp³-hybridized carbons (Fsp3) is 0.231. The van der Waals surface area contributed by atoms with Crippen LogP contribution in [0.25, 0.3) is 0 Å². The van der Waals surface area contributed by atoms with Crippen LogP contribution in [-0.4, -0.2) is 44.8 Å². The second-order valence-corrected chi connectivity index (χ2v) is 10.9. The quantitative estimate of drug-likeness (QED) is 0.422. The Kier molecular flexibility index (Phi) is 9.00. The molecular weight excluding hydrogens is 521 g/mol. The highest BCUT2D eigenvalue weighted by atomic mass is 35.5. The molecular formula is C26H27Cl2N3O4S. The number of benzene rings is 3. The van der Waals surface area contributed by atoms with E-state index in [-0.39, 0.29) is 17.1 Å². The van der Waals surface area contributed by atoms with E-state index in [0.717, 1.165) is 9.87 Å². The number of aryl methyl sites for hydroxylation is 1. The molecule has 1 N–H and O–H groups in total. The van der Waals surface area contributed by atoms with Crippen molar-refractivity contribution >= 4 is 50.7 Å². The molecule has 0 saturated carbocycles. The van der Waals surface area contributed by atoms with Crippen LogP contribution < -0.4 is 9.62 Å². The van der Waals surface area contributed by atoms with Gasteiger partial charge in [-0.2, -0.15) is 0 Å². The summed E-state index contributed by atoms with van der Waals surface area (Å²) >= 11 is 12.5. The molecule has 3 aromatic carbocycles. The molecule has 3 rings (SSSR count). The van der Waals surface area contributed by atoms with E-state index in [2.05, 4.69) is 5.32 Å². The van der Waals surface area contributed by atoms with Crippen LogP contribution in [0.2, 0.25) is 10.0 Å². The van der Waals surface area contributed by atoms with Crippen molar-refractivity contribution in [3.8, 4) is 0 Å². The van der Waals surface area contributed by atoms with Crippen LogP contribution >= 0.6 is 23.2 Å². The molecule has 0 heterocycles. The fourth-order valence-electron chi connectivity index (χ4n) is 3.60. The molecule has 0 unspecified atom stereocenters. The van der Waals surface area contributed by atoms with E-state index in [1.807, 2.05) is 6.92 Å². The van der Waals surface area contributed by atoms with Crippen LogP contribution in [0.3, 0.4) is 0 Å².